The summed E-state index contributed by atoms with van der Waals surface area (Å²) < 4.78 is 32.7. The van der Waals surface area contributed by atoms with Crippen molar-refractivity contribution in [1.29, 1.82) is 5.26 Å². The first-order chi connectivity index (χ1) is 7.99. The first-order valence-electron chi connectivity index (χ1n) is 4.57. The Morgan fingerprint density at radius 1 is 1.47 bits per heavy atom. The lowest BCUT2D eigenvalue weighted by molar-refractivity contribution is -0.0499. The van der Waals surface area contributed by atoms with E-state index in [2.05, 4.69) is 9.47 Å². The van der Waals surface area contributed by atoms with Crippen LogP contribution in [0.3, 0.4) is 0 Å². The van der Waals surface area contributed by atoms with Crippen molar-refractivity contribution in [3.63, 3.8) is 0 Å². The Labute approximate surface area is 96.4 Å². The lowest BCUT2D eigenvalue weighted by Crippen LogP contribution is -2.08. The summed E-state index contributed by atoms with van der Waals surface area (Å²) >= 11 is 0. The lowest BCUT2D eigenvalue weighted by atomic mass is 10.0. The molecule has 0 aliphatic rings. The SMILES string of the molecule is COC(=O)c1cc(OC(F)F)cc(C#N)c1C. The Balaban J connectivity index is 3.29. The number of carbonyl (C=O) groups excluding carboxylic acids is 1. The zero-order valence-corrected chi connectivity index (χ0v) is 9.16. The number of halogens is 2. The molecular weight excluding hydrogens is 232 g/mol. The van der Waals surface area contributed by atoms with Gasteiger partial charge in [-0.2, -0.15) is 14.0 Å². The third-order valence-electron chi connectivity index (χ3n) is 2.13. The van der Waals surface area contributed by atoms with Crippen LogP contribution in [0.5, 0.6) is 5.75 Å². The van der Waals surface area contributed by atoms with E-state index in [4.69, 9.17) is 5.26 Å². The molecule has 17 heavy (non-hydrogen) atoms. The van der Waals surface area contributed by atoms with E-state index in [1.54, 1.807) is 6.07 Å². The molecule has 0 unspecified atom stereocenters. The van der Waals surface area contributed by atoms with Gasteiger partial charge in [-0.1, -0.05) is 0 Å². The molecule has 0 fully saturated rings. The molecule has 0 N–H and O–H groups in total. The van der Waals surface area contributed by atoms with E-state index in [1.807, 2.05) is 0 Å². The minimum atomic E-state index is -3.02. The van der Waals surface area contributed by atoms with Gasteiger partial charge in [-0.05, 0) is 24.6 Å². The van der Waals surface area contributed by atoms with Crippen molar-refractivity contribution in [2.75, 3.05) is 7.11 Å². The van der Waals surface area contributed by atoms with Gasteiger partial charge in [0.1, 0.15) is 5.75 Å². The molecule has 0 saturated carbocycles. The standard InChI is InChI=1S/C11H9F2NO3/c1-6-7(5-14)3-8(17-11(12)13)4-9(6)10(15)16-2/h3-4,11H,1-2H3. The third kappa shape index (κ3) is 2.91. The molecule has 0 amide bonds. The molecule has 90 valence electrons. The zero-order chi connectivity index (χ0) is 13.0. The van der Waals surface area contributed by atoms with E-state index < -0.39 is 12.6 Å². The van der Waals surface area contributed by atoms with Gasteiger partial charge < -0.3 is 9.47 Å². The first kappa shape index (κ1) is 12.9. The Hall–Kier alpha value is -2.16. The predicted octanol–water partition coefficient (Wildman–Crippen LogP) is 2.25. The van der Waals surface area contributed by atoms with E-state index in [-0.39, 0.29) is 16.9 Å². The van der Waals surface area contributed by atoms with Gasteiger partial charge in [0.2, 0.25) is 0 Å². The summed E-state index contributed by atoms with van der Waals surface area (Å²) in [5.74, 6) is -0.957. The average molecular weight is 241 g/mol. The number of nitrogens with zero attached hydrogens (tertiary/aromatic N) is 1. The Morgan fingerprint density at radius 3 is 2.59 bits per heavy atom. The number of rotatable bonds is 3. The fourth-order valence-electron chi connectivity index (χ4n) is 1.30. The van der Waals surface area contributed by atoms with Crippen LogP contribution in [0.1, 0.15) is 21.5 Å². The van der Waals surface area contributed by atoms with Crippen LogP contribution in [-0.4, -0.2) is 19.7 Å². The number of benzene rings is 1. The Bertz CT molecular complexity index is 480. The van der Waals surface area contributed by atoms with Crippen molar-refractivity contribution in [2.45, 2.75) is 13.5 Å². The van der Waals surface area contributed by atoms with Crippen LogP contribution in [0.2, 0.25) is 0 Å². The second-order valence-electron chi connectivity index (χ2n) is 3.13. The number of carbonyl (C=O) groups is 1. The zero-order valence-electron chi connectivity index (χ0n) is 9.16. The van der Waals surface area contributed by atoms with E-state index >= 15 is 0 Å². The minimum absolute atomic E-state index is 0.0298. The summed E-state index contributed by atoms with van der Waals surface area (Å²) in [4.78, 5) is 11.4. The second-order valence-corrected chi connectivity index (χ2v) is 3.13. The molecule has 0 bridgehead atoms. The largest absolute Gasteiger partial charge is 0.465 e. The number of nitriles is 1. The first-order valence-corrected chi connectivity index (χ1v) is 4.57. The van der Waals surface area contributed by atoms with Gasteiger partial charge in [0.15, 0.2) is 0 Å². The molecule has 0 heterocycles. The van der Waals surface area contributed by atoms with Crippen LogP contribution in [0.15, 0.2) is 12.1 Å². The monoisotopic (exact) mass is 241 g/mol. The number of alkyl halides is 2. The highest BCUT2D eigenvalue weighted by Gasteiger charge is 2.16. The molecule has 0 radical (unpaired) electrons. The molecule has 1 rings (SSSR count). The summed E-state index contributed by atoms with van der Waals surface area (Å²) in [6.45, 7) is -1.49. The van der Waals surface area contributed by atoms with Crippen LogP contribution in [0.4, 0.5) is 8.78 Å². The van der Waals surface area contributed by atoms with Gasteiger partial charge in [0, 0.05) is 0 Å². The molecule has 0 saturated heterocycles. The van der Waals surface area contributed by atoms with E-state index in [9.17, 15) is 13.6 Å². The molecular formula is C11H9F2NO3. The van der Waals surface area contributed by atoms with Crippen molar-refractivity contribution in [3.05, 3.63) is 28.8 Å². The van der Waals surface area contributed by atoms with Crippen molar-refractivity contribution in [1.82, 2.24) is 0 Å². The summed E-state index contributed by atoms with van der Waals surface area (Å²) in [5.41, 5.74) is 0.478. The van der Waals surface area contributed by atoms with Crippen molar-refractivity contribution >= 4 is 5.97 Å². The molecule has 1 aromatic carbocycles. The van der Waals surface area contributed by atoms with Gasteiger partial charge in [-0.25, -0.2) is 4.79 Å². The Kier molecular flexibility index (Phi) is 3.99. The second kappa shape index (κ2) is 5.25. The number of methoxy groups -OCH3 is 1. The lowest BCUT2D eigenvalue weighted by Gasteiger charge is -2.10. The average Bonchev–Trinajstić information content (AvgIpc) is 2.29. The molecule has 0 aliphatic heterocycles. The van der Waals surface area contributed by atoms with Crippen LogP contribution in [-0.2, 0) is 4.74 Å². The summed E-state index contributed by atoms with van der Waals surface area (Å²) in [5, 5.41) is 8.81. The number of hydrogen-bond acceptors (Lipinski definition) is 4. The van der Waals surface area contributed by atoms with Crippen LogP contribution < -0.4 is 4.74 Å². The molecule has 0 aromatic heterocycles. The van der Waals surface area contributed by atoms with Crippen LogP contribution in [0.25, 0.3) is 0 Å². The molecule has 1 aromatic rings. The van der Waals surface area contributed by atoms with Crippen LogP contribution >= 0.6 is 0 Å². The van der Waals surface area contributed by atoms with E-state index in [0.717, 1.165) is 19.2 Å². The van der Waals surface area contributed by atoms with Gasteiger partial charge >= 0.3 is 12.6 Å². The maximum Gasteiger partial charge on any atom is 0.387 e. The Morgan fingerprint density at radius 2 is 2.12 bits per heavy atom. The van der Waals surface area contributed by atoms with E-state index in [1.165, 1.54) is 6.92 Å². The number of esters is 1. The van der Waals surface area contributed by atoms with Crippen LogP contribution in [0, 0.1) is 18.3 Å². The fourth-order valence-corrected chi connectivity index (χ4v) is 1.30. The highest BCUT2D eigenvalue weighted by molar-refractivity contribution is 5.92. The summed E-state index contributed by atoms with van der Waals surface area (Å²) in [6, 6.07) is 4.06. The fraction of sp³-hybridized carbons (Fsp3) is 0.273. The highest BCUT2D eigenvalue weighted by atomic mass is 19.3. The van der Waals surface area contributed by atoms with Crippen molar-refractivity contribution < 1.29 is 23.0 Å². The van der Waals surface area contributed by atoms with E-state index in [0.29, 0.717) is 5.56 Å². The third-order valence-corrected chi connectivity index (χ3v) is 2.13. The predicted molar refractivity (Wildman–Crippen MR) is 53.9 cm³/mol. The molecule has 4 nitrogen and oxygen atoms in total. The summed E-state index contributed by atoms with van der Waals surface area (Å²) in [7, 11) is 1.16. The van der Waals surface area contributed by atoms with Crippen molar-refractivity contribution in [2.24, 2.45) is 0 Å². The minimum Gasteiger partial charge on any atom is -0.465 e. The molecule has 6 heteroatoms. The summed E-state index contributed by atoms with van der Waals surface area (Å²) in [6.07, 6.45) is 0. The van der Waals surface area contributed by atoms with Gasteiger partial charge in [0.25, 0.3) is 0 Å². The maximum absolute atomic E-state index is 12.1. The normalized spacial score (nSPS) is 9.88. The number of hydrogen-bond donors (Lipinski definition) is 0. The van der Waals surface area contributed by atoms with Gasteiger partial charge in [-0.15, -0.1) is 0 Å². The molecule has 0 aliphatic carbocycles. The highest BCUT2D eigenvalue weighted by Crippen LogP contribution is 2.23. The van der Waals surface area contributed by atoms with Gasteiger partial charge in [-0.3, -0.25) is 0 Å². The molecule has 0 spiro atoms. The smallest absolute Gasteiger partial charge is 0.387 e. The quantitative estimate of drug-likeness (QED) is 0.761. The maximum atomic E-state index is 12.1. The van der Waals surface area contributed by atoms with Gasteiger partial charge in [0.05, 0.1) is 24.3 Å². The number of ether oxygens (including phenoxy) is 2. The topological polar surface area (TPSA) is 59.3 Å². The molecule has 0 atom stereocenters. The van der Waals surface area contributed by atoms with Crippen molar-refractivity contribution in [3.8, 4) is 11.8 Å².